The van der Waals surface area contributed by atoms with Crippen molar-refractivity contribution in [3.8, 4) is 0 Å². The predicted molar refractivity (Wildman–Crippen MR) is 71.6 cm³/mol. The second kappa shape index (κ2) is 5.09. The Kier molecular flexibility index (Phi) is 4.54. The second-order valence-corrected chi connectivity index (χ2v) is 7.83. The average molecular weight is 229 g/mol. The molecule has 1 N–H and O–H groups in total. The molecule has 1 heterocycles. The van der Waals surface area contributed by atoms with Crippen LogP contribution < -0.4 is 5.32 Å². The van der Waals surface area contributed by atoms with E-state index in [1.54, 1.807) is 0 Å². The molecule has 1 atom stereocenters. The molecule has 0 radical (unpaired) electrons. The minimum absolute atomic E-state index is 0.279. The van der Waals surface area contributed by atoms with E-state index in [-0.39, 0.29) is 5.54 Å². The summed E-state index contributed by atoms with van der Waals surface area (Å²) in [6, 6.07) is 0.737. The summed E-state index contributed by atoms with van der Waals surface area (Å²) in [5.41, 5.74) is 0.694. The Morgan fingerprint density at radius 1 is 1.20 bits per heavy atom. The molecule has 1 fully saturated rings. The minimum Gasteiger partial charge on any atom is -0.308 e. The van der Waals surface area contributed by atoms with Crippen molar-refractivity contribution in [3.05, 3.63) is 0 Å². The third kappa shape index (κ3) is 5.82. The van der Waals surface area contributed by atoms with Gasteiger partial charge < -0.3 is 5.32 Å². The van der Waals surface area contributed by atoms with Crippen LogP contribution in [0.15, 0.2) is 0 Å². The quantitative estimate of drug-likeness (QED) is 0.792. The molecule has 1 nitrogen and oxygen atoms in total. The summed E-state index contributed by atoms with van der Waals surface area (Å²) >= 11 is 2.10. The topological polar surface area (TPSA) is 12.0 Å². The van der Waals surface area contributed by atoms with Crippen molar-refractivity contribution in [1.82, 2.24) is 5.32 Å². The van der Waals surface area contributed by atoms with Crippen LogP contribution in [0, 0.1) is 5.41 Å². The Hall–Kier alpha value is 0.310. The monoisotopic (exact) mass is 229 g/mol. The fraction of sp³-hybridized carbons (Fsp3) is 1.00. The third-order valence-electron chi connectivity index (χ3n) is 2.73. The molecular formula is C13H27NS. The Balaban J connectivity index is 2.40. The van der Waals surface area contributed by atoms with Gasteiger partial charge in [-0.25, -0.2) is 0 Å². The maximum Gasteiger partial charge on any atom is 0.0163 e. The van der Waals surface area contributed by atoms with Crippen LogP contribution in [0.5, 0.6) is 0 Å². The van der Waals surface area contributed by atoms with Crippen LogP contribution in [0.1, 0.15) is 53.9 Å². The summed E-state index contributed by atoms with van der Waals surface area (Å²) in [6.45, 7) is 11.7. The highest BCUT2D eigenvalue weighted by atomic mass is 32.2. The third-order valence-corrected chi connectivity index (χ3v) is 3.94. The molecule has 0 aliphatic carbocycles. The van der Waals surface area contributed by atoms with Crippen molar-refractivity contribution >= 4 is 11.8 Å². The van der Waals surface area contributed by atoms with E-state index in [9.17, 15) is 0 Å². The SMILES string of the molecule is CC(C)(C)CC(C)(C)NC1CCCSC1. The molecule has 1 unspecified atom stereocenters. The molecule has 0 bridgehead atoms. The lowest BCUT2D eigenvalue weighted by atomic mass is 9.81. The van der Waals surface area contributed by atoms with E-state index >= 15 is 0 Å². The van der Waals surface area contributed by atoms with Crippen molar-refractivity contribution in [3.63, 3.8) is 0 Å². The van der Waals surface area contributed by atoms with E-state index in [2.05, 4.69) is 51.7 Å². The van der Waals surface area contributed by atoms with Crippen LogP contribution in [-0.4, -0.2) is 23.1 Å². The van der Waals surface area contributed by atoms with E-state index in [4.69, 9.17) is 0 Å². The molecule has 90 valence electrons. The molecule has 0 aromatic heterocycles. The van der Waals surface area contributed by atoms with Crippen molar-refractivity contribution in [1.29, 1.82) is 0 Å². The fourth-order valence-corrected chi connectivity index (χ4v) is 3.86. The van der Waals surface area contributed by atoms with Gasteiger partial charge in [-0.05, 0) is 44.3 Å². The predicted octanol–water partition coefficient (Wildman–Crippen LogP) is 3.69. The number of hydrogen-bond donors (Lipinski definition) is 1. The lowest BCUT2D eigenvalue weighted by Crippen LogP contribution is -2.49. The van der Waals surface area contributed by atoms with Gasteiger partial charge >= 0.3 is 0 Å². The zero-order valence-corrected chi connectivity index (χ0v) is 11.8. The molecule has 1 saturated heterocycles. The van der Waals surface area contributed by atoms with Crippen molar-refractivity contribution in [2.75, 3.05) is 11.5 Å². The van der Waals surface area contributed by atoms with Crippen LogP contribution >= 0.6 is 11.8 Å². The number of hydrogen-bond acceptors (Lipinski definition) is 2. The summed E-state index contributed by atoms with van der Waals surface area (Å²) < 4.78 is 0. The van der Waals surface area contributed by atoms with Gasteiger partial charge in [-0.2, -0.15) is 11.8 Å². The maximum atomic E-state index is 3.83. The van der Waals surface area contributed by atoms with Gasteiger partial charge in [0.15, 0.2) is 0 Å². The smallest absolute Gasteiger partial charge is 0.0163 e. The van der Waals surface area contributed by atoms with Gasteiger partial charge in [-0.1, -0.05) is 20.8 Å². The van der Waals surface area contributed by atoms with Crippen LogP contribution in [0.4, 0.5) is 0 Å². The summed E-state index contributed by atoms with van der Waals surface area (Å²) in [5, 5.41) is 3.83. The van der Waals surface area contributed by atoms with Gasteiger partial charge in [0.05, 0.1) is 0 Å². The Morgan fingerprint density at radius 3 is 2.33 bits per heavy atom. The van der Waals surface area contributed by atoms with E-state index in [1.165, 1.54) is 30.8 Å². The first-order valence-electron chi connectivity index (χ1n) is 6.14. The van der Waals surface area contributed by atoms with Gasteiger partial charge in [0.1, 0.15) is 0 Å². The summed E-state index contributed by atoms with van der Waals surface area (Å²) in [4.78, 5) is 0. The van der Waals surface area contributed by atoms with Crippen molar-refractivity contribution in [2.45, 2.75) is 65.5 Å². The highest BCUT2D eigenvalue weighted by molar-refractivity contribution is 7.99. The van der Waals surface area contributed by atoms with Gasteiger partial charge in [0, 0.05) is 17.3 Å². The van der Waals surface area contributed by atoms with E-state index in [1.807, 2.05) is 0 Å². The zero-order valence-electron chi connectivity index (χ0n) is 11.0. The molecule has 15 heavy (non-hydrogen) atoms. The highest BCUT2D eigenvalue weighted by Crippen LogP contribution is 2.28. The normalized spacial score (nSPS) is 24.2. The van der Waals surface area contributed by atoms with E-state index in [0.29, 0.717) is 5.41 Å². The maximum absolute atomic E-state index is 3.83. The Labute approximate surface area is 99.8 Å². The van der Waals surface area contributed by atoms with Gasteiger partial charge in [-0.3, -0.25) is 0 Å². The first-order chi connectivity index (χ1) is 6.79. The second-order valence-electron chi connectivity index (χ2n) is 6.68. The molecule has 1 aliphatic heterocycles. The summed E-state index contributed by atoms with van der Waals surface area (Å²) in [5.74, 6) is 2.66. The molecule has 0 aromatic rings. The van der Waals surface area contributed by atoms with E-state index < -0.39 is 0 Å². The average Bonchev–Trinajstić information content (AvgIpc) is 1.99. The molecule has 2 heteroatoms. The fourth-order valence-electron chi connectivity index (χ4n) is 2.78. The van der Waals surface area contributed by atoms with Crippen LogP contribution in [0.2, 0.25) is 0 Å². The lowest BCUT2D eigenvalue weighted by Gasteiger charge is -2.38. The first-order valence-corrected chi connectivity index (χ1v) is 7.29. The molecule has 0 spiro atoms. The van der Waals surface area contributed by atoms with Crippen molar-refractivity contribution < 1.29 is 0 Å². The zero-order chi connectivity index (χ0) is 11.5. The molecule has 1 rings (SSSR count). The van der Waals surface area contributed by atoms with Crippen molar-refractivity contribution in [2.24, 2.45) is 5.41 Å². The van der Waals surface area contributed by atoms with Crippen LogP contribution in [-0.2, 0) is 0 Å². The van der Waals surface area contributed by atoms with Crippen LogP contribution in [0.3, 0.4) is 0 Å². The summed E-state index contributed by atoms with van der Waals surface area (Å²) in [7, 11) is 0. The lowest BCUT2D eigenvalue weighted by molar-refractivity contribution is 0.223. The van der Waals surface area contributed by atoms with E-state index in [0.717, 1.165) is 6.04 Å². The molecular weight excluding hydrogens is 202 g/mol. The van der Waals surface area contributed by atoms with Gasteiger partial charge in [-0.15, -0.1) is 0 Å². The minimum atomic E-state index is 0.279. The molecule has 0 amide bonds. The molecule has 0 aromatic carbocycles. The number of rotatable bonds is 3. The Bertz CT molecular complexity index is 187. The molecule has 0 saturated carbocycles. The largest absolute Gasteiger partial charge is 0.308 e. The van der Waals surface area contributed by atoms with Crippen LogP contribution in [0.25, 0.3) is 0 Å². The summed E-state index contributed by atoms with van der Waals surface area (Å²) in [6.07, 6.45) is 3.98. The van der Waals surface area contributed by atoms with Gasteiger partial charge in [0.25, 0.3) is 0 Å². The first kappa shape index (κ1) is 13.4. The number of nitrogens with one attached hydrogen (secondary N) is 1. The highest BCUT2D eigenvalue weighted by Gasteiger charge is 2.28. The molecule has 1 aliphatic rings. The van der Waals surface area contributed by atoms with Gasteiger partial charge in [0.2, 0.25) is 0 Å². The Morgan fingerprint density at radius 2 is 1.87 bits per heavy atom. The standard InChI is InChI=1S/C13H27NS/c1-12(2,3)10-13(4,5)14-11-7-6-8-15-9-11/h11,14H,6-10H2,1-5H3. The number of thioether (sulfide) groups is 1.